The molecule has 4 nitrogen and oxygen atoms in total. The third kappa shape index (κ3) is 9.16. The van der Waals surface area contributed by atoms with Gasteiger partial charge in [-0.25, -0.2) is 0 Å². The molecular weight excluding hydrogens is 326 g/mol. The van der Waals surface area contributed by atoms with Crippen LogP contribution in [0.25, 0.3) is 0 Å². The van der Waals surface area contributed by atoms with Gasteiger partial charge in [0.2, 0.25) is 0 Å². The summed E-state index contributed by atoms with van der Waals surface area (Å²) in [4.78, 5) is 2.66. The second-order valence-electron chi connectivity index (χ2n) is 8.26. The fourth-order valence-electron chi connectivity index (χ4n) is 4.33. The first kappa shape index (κ1) is 23.9. The van der Waals surface area contributed by atoms with Gasteiger partial charge in [0, 0.05) is 34.3 Å². The summed E-state index contributed by atoms with van der Waals surface area (Å²) in [6.45, 7) is 8.45. The van der Waals surface area contributed by atoms with E-state index >= 15 is 0 Å². The summed E-state index contributed by atoms with van der Waals surface area (Å²) in [6, 6.07) is 0. The second-order valence-corrected chi connectivity index (χ2v) is 8.26. The van der Waals surface area contributed by atoms with E-state index in [-0.39, 0.29) is 0 Å². The van der Waals surface area contributed by atoms with Crippen molar-refractivity contribution in [2.24, 2.45) is 11.8 Å². The smallest absolute Gasteiger partial charge is 0.282 e. The van der Waals surface area contributed by atoms with E-state index in [4.69, 9.17) is 14.2 Å². The molecule has 2 unspecified atom stereocenters. The summed E-state index contributed by atoms with van der Waals surface area (Å²) in [6.07, 6.45) is 14.0. The van der Waals surface area contributed by atoms with E-state index in [0.717, 1.165) is 12.3 Å². The molecule has 2 atom stereocenters. The Hall–Kier alpha value is -0.160. The Morgan fingerprint density at radius 2 is 1.62 bits per heavy atom. The van der Waals surface area contributed by atoms with Crippen molar-refractivity contribution in [1.82, 2.24) is 4.90 Å². The van der Waals surface area contributed by atoms with Crippen LogP contribution in [0.1, 0.15) is 84.5 Å². The molecule has 1 aliphatic heterocycles. The van der Waals surface area contributed by atoms with E-state index in [0.29, 0.717) is 5.92 Å². The molecule has 0 radical (unpaired) electrons. The fourth-order valence-corrected chi connectivity index (χ4v) is 4.33. The molecule has 0 aromatic carbocycles. The molecule has 1 heterocycles. The Morgan fingerprint density at radius 1 is 0.962 bits per heavy atom. The van der Waals surface area contributed by atoms with Gasteiger partial charge in [-0.1, -0.05) is 52.4 Å². The minimum atomic E-state index is -0.881. The minimum absolute atomic E-state index is 0.596. The summed E-state index contributed by atoms with van der Waals surface area (Å²) < 4.78 is 16.7. The highest BCUT2D eigenvalue weighted by atomic mass is 16.9. The SMILES string of the molecule is CCCCCCCC(CCCN1CCCC(C)C1)CC(OC)(OC)OC. The molecular formula is C22H45NO3. The van der Waals surface area contributed by atoms with Crippen molar-refractivity contribution >= 4 is 0 Å². The Bertz CT molecular complexity index is 325. The van der Waals surface area contributed by atoms with Crippen molar-refractivity contribution in [3.05, 3.63) is 0 Å². The van der Waals surface area contributed by atoms with E-state index in [2.05, 4.69) is 18.7 Å². The number of hydrogen-bond donors (Lipinski definition) is 0. The van der Waals surface area contributed by atoms with E-state index < -0.39 is 5.97 Å². The van der Waals surface area contributed by atoms with Gasteiger partial charge in [-0.15, -0.1) is 0 Å². The number of hydrogen-bond acceptors (Lipinski definition) is 4. The first-order valence-electron chi connectivity index (χ1n) is 11.0. The third-order valence-corrected chi connectivity index (χ3v) is 6.02. The number of piperidine rings is 1. The Labute approximate surface area is 162 Å². The number of nitrogens with zero attached hydrogens (tertiary/aromatic N) is 1. The molecule has 0 saturated carbocycles. The van der Waals surface area contributed by atoms with Crippen LogP contribution in [0.5, 0.6) is 0 Å². The summed E-state index contributed by atoms with van der Waals surface area (Å²) in [5, 5.41) is 0. The largest absolute Gasteiger partial charge is 0.331 e. The lowest BCUT2D eigenvalue weighted by atomic mass is 9.91. The molecule has 1 rings (SSSR count). The average Bonchev–Trinajstić information content (AvgIpc) is 2.65. The molecule has 1 saturated heterocycles. The molecule has 0 spiro atoms. The summed E-state index contributed by atoms with van der Waals surface area (Å²) in [5.41, 5.74) is 0. The van der Waals surface area contributed by atoms with Gasteiger partial charge in [0.1, 0.15) is 0 Å². The predicted octanol–water partition coefficient (Wildman–Crippen LogP) is 5.46. The fraction of sp³-hybridized carbons (Fsp3) is 1.00. The molecule has 1 fully saturated rings. The van der Waals surface area contributed by atoms with Gasteiger partial charge in [-0.2, -0.15) is 0 Å². The van der Waals surface area contributed by atoms with Crippen LogP contribution >= 0.6 is 0 Å². The van der Waals surface area contributed by atoms with Crippen molar-refractivity contribution < 1.29 is 14.2 Å². The molecule has 0 N–H and O–H groups in total. The first-order valence-corrected chi connectivity index (χ1v) is 11.0. The molecule has 0 aliphatic carbocycles. The van der Waals surface area contributed by atoms with Gasteiger partial charge < -0.3 is 19.1 Å². The number of rotatable bonds is 15. The zero-order chi connectivity index (χ0) is 19.3. The molecule has 0 aromatic heterocycles. The lowest BCUT2D eigenvalue weighted by Gasteiger charge is -2.33. The van der Waals surface area contributed by atoms with Gasteiger partial charge in [0.25, 0.3) is 5.97 Å². The van der Waals surface area contributed by atoms with Crippen molar-refractivity contribution in [3.63, 3.8) is 0 Å². The normalized spacial score (nSPS) is 20.4. The van der Waals surface area contributed by atoms with Crippen molar-refractivity contribution in [3.8, 4) is 0 Å². The van der Waals surface area contributed by atoms with Gasteiger partial charge in [0.05, 0.1) is 0 Å². The molecule has 1 aliphatic rings. The van der Waals surface area contributed by atoms with Crippen LogP contribution in [-0.2, 0) is 14.2 Å². The Kier molecular flexibility index (Phi) is 12.8. The van der Waals surface area contributed by atoms with Crippen molar-refractivity contribution in [2.45, 2.75) is 90.4 Å². The highest BCUT2D eigenvalue weighted by Crippen LogP contribution is 2.30. The van der Waals surface area contributed by atoms with E-state index in [9.17, 15) is 0 Å². The average molecular weight is 372 g/mol. The highest BCUT2D eigenvalue weighted by Gasteiger charge is 2.33. The van der Waals surface area contributed by atoms with Crippen molar-refractivity contribution in [1.29, 1.82) is 0 Å². The van der Waals surface area contributed by atoms with Crippen LogP contribution in [0.2, 0.25) is 0 Å². The van der Waals surface area contributed by atoms with Crippen LogP contribution in [0, 0.1) is 11.8 Å². The number of likely N-dealkylation sites (tertiary alicyclic amines) is 1. The maximum Gasteiger partial charge on any atom is 0.282 e. The van der Waals surface area contributed by atoms with E-state index in [1.54, 1.807) is 21.3 Å². The Balaban J connectivity index is 2.44. The topological polar surface area (TPSA) is 30.9 Å². The summed E-state index contributed by atoms with van der Waals surface area (Å²) in [7, 11) is 5.04. The van der Waals surface area contributed by atoms with Gasteiger partial charge in [-0.3, -0.25) is 0 Å². The predicted molar refractivity (Wildman–Crippen MR) is 109 cm³/mol. The van der Waals surface area contributed by atoms with Crippen molar-refractivity contribution in [2.75, 3.05) is 41.0 Å². The van der Waals surface area contributed by atoms with E-state index in [1.165, 1.54) is 83.8 Å². The van der Waals surface area contributed by atoms with Crippen LogP contribution < -0.4 is 0 Å². The van der Waals surface area contributed by atoms with Gasteiger partial charge >= 0.3 is 0 Å². The van der Waals surface area contributed by atoms with Crippen LogP contribution in [0.3, 0.4) is 0 Å². The summed E-state index contributed by atoms with van der Waals surface area (Å²) >= 11 is 0. The molecule has 0 aromatic rings. The summed E-state index contributed by atoms with van der Waals surface area (Å²) in [5.74, 6) is 0.577. The number of unbranched alkanes of at least 4 members (excludes halogenated alkanes) is 4. The molecule has 4 heteroatoms. The van der Waals surface area contributed by atoms with E-state index in [1.807, 2.05) is 0 Å². The molecule has 0 bridgehead atoms. The number of methoxy groups -OCH3 is 3. The maximum atomic E-state index is 5.57. The molecule has 26 heavy (non-hydrogen) atoms. The molecule has 0 amide bonds. The number of ether oxygens (including phenoxy) is 3. The monoisotopic (exact) mass is 371 g/mol. The quantitative estimate of drug-likeness (QED) is 0.282. The zero-order valence-corrected chi connectivity index (χ0v) is 18.2. The lowest BCUT2D eigenvalue weighted by molar-refractivity contribution is -0.359. The first-order chi connectivity index (χ1) is 12.6. The van der Waals surface area contributed by atoms with Gasteiger partial charge in [-0.05, 0) is 50.6 Å². The Morgan fingerprint density at radius 3 is 2.23 bits per heavy atom. The third-order valence-electron chi connectivity index (χ3n) is 6.02. The zero-order valence-electron chi connectivity index (χ0n) is 18.2. The van der Waals surface area contributed by atoms with Crippen LogP contribution in [0.4, 0.5) is 0 Å². The minimum Gasteiger partial charge on any atom is -0.331 e. The second kappa shape index (κ2) is 13.9. The maximum absolute atomic E-state index is 5.57. The highest BCUT2D eigenvalue weighted by molar-refractivity contribution is 4.72. The van der Waals surface area contributed by atoms with Crippen LogP contribution in [-0.4, -0.2) is 51.8 Å². The lowest BCUT2D eigenvalue weighted by Crippen LogP contribution is -2.38. The van der Waals surface area contributed by atoms with Crippen LogP contribution in [0.15, 0.2) is 0 Å². The molecule has 156 valence electrons. The van der Waals surface area contributed by atoms with Gasteiger partial charge in [0.15, 0.2) is 0 Å². The standard InChI is InChI=1S/C22H45NO3/c1-6-7-8-9-10-14-21(18-22(24-3,25-4)26-5)15-12-17-23-16-11-13-20(2)19-23/h20-21H,6-19H2,1-5H3.